The monoisotopic (exact) mass is 434 g/mol. The molecule has 0 aliphatic heterocycles. The average Bonchev–Trinajstić information content (AvgIpc) is 3.04. The van der Waals surface area contributed by atoms with Crippen molar-refractivity contribution in [3.8, 4) is 0 Å². The number of thiophene rings is 1. The number of ether oxygens (including phenoxy) is 1. The zero-order valence-electron chi connectivity index (χ0n) is 14.1. The molecule has 1 aromatic carbocycles. The Kier molecular flexibility index (Phi) is 7.31. The second-order valence-electron chi connectivity index (χ2n) is 5.44. The van der Waals surface area contributed by atoms with Crippen LogP contribution in [-0.2, 0) is 26.0 Å². The van der Waals surface area contributed by atoms with Crippen molar-refractivity contribution in [1.29, 1.82) is 0 Å². The van der Waals surface area contributed by atoms with Crippen molar-refractivity contribution in [2.45, 2.75) is 6.42 Å². The fourth-order valence-corrected chi connectivity index (χ4v) is 3.51. The highest BCUT2D eigenvalue weighted by atomic mass is 35.5. The van der Waals surface area contributed by atoms with Crippen LogP contribution in [0.3, 0.4) is 0 Å². The van der Waals surface area contributed by atoms with Gasteiger partial charge in [-0.1, -0.05) is 11.6 Å². The summed E-state index contributed by atoms with van der Waals surface area (Å²) in [5, 5.41) is 2.30. The van der Waals surface area contributed by atoms with Gasteiger partial charge in [0.05, 0.1) is 11.3 Å². The Morgan fingerprint density at radius 3 is 2.67 bits per heavy atom. The molecular formula is C16H16ClFN2O5S2. The smallest absolute Gasteiger partial charge is 0.348 e. The van der Waals surface area contributed by atoms with Crippen molar-refractivity contribution in [3.05, 3.63) is 50.9 Å². The predicted molar refractivity (Wildman–Crippen MR) is 101 cm³/mol. The van der Waals surface area contributed by atoms with Gasteiger partial charge in [0, 0.05) is 17.1 Å². The van der Waals surface area contributed by atoms with Crippen molar-refractivity contribution < 1.29 is 27.1 Å². The molecule has 0 saturated carbocycles. The third kappa shape index (κ3) is 7.25. The first-order valence-corrected chi connectivity index (χ1v) is 10.7. The Morgan fingerprint density at radius 2 is 2.00 bits per heavy atom. The summed E-state index contributed by atoms with van der Waals surface area (Å²) in [6.07, 6.45) is 1.49. The quantitative estimate of drug-likeness (QED) is 0.621. The first-order chi connectivity index (χ1) is 12.6. The molecule has 0 spiro atoms. The Bertz CT molecular complexity index is 946. The average molecular weight is 435 g/mol. The molecule has 0 radical (unpaired) electrons. The number of carbonyl (C=O) groups excluding carboxylic acids is 2. The fraction of sp³-hybridized carbons (Fsp3) is 0.250. The van der Waals surface area contributed by atoms with Gasteiger partial charge in [-0.05, 0) is 36.8 Å². The molecule has 146 valence electrons. The van der Waals surface area contributed by atoms with E-state index in [9.17, 15) is 22.4 Å². The second-order valence-corrected chi connectivity index (χ2v) is 8.84. The second kappa shape index (κ2) is 9.27. The number of carbonyl (C=O) groups is 2. The van der Waals surface area contributed by atoms with Gasteiger partial charge in [0.2, 0.25) is 10.0 Å². The molecule has 27 heavy (non-hydrogen) atoms. The summed E-state index contributed by atoms with van der Waals surface area (Å²) in [5.41, 5.74) is 0.277. The van der Waals surface area contributed by atoms with Gasteiger partial charge in [-0.15, -0.1) is 11.3 Å². The minimum atomic E-state index is -3.26. The van der Waals surface area contributed by atoms with Gasteiger partial charge in [-0.3, -0.25) is 4.79 Å². The lowest BCUT2D eigenvalue weighted by atomic mass is 10.3. The number of hydrogen-bond donors (Lipinski definition) is 2. The Hall–Kier alpha value is -2.01. The Morgan fingerprint density at radius 1 is 1.26 bits per heavy atom. The molecule has 1 heterocycles. The van der Waals surface area contributed by atoms with Crippen molar-refractivity contribution in [2.75, 3.05) is 24.7 Å². The van der Waals surface area contributed by atoms with Crippen LogP contribution in [0.1, 0.15) is 14.5 Å². The first-order valence-electron chi connectivity index (χ1n) is 7.59. The van der Waals surface area contributed by atoms with E-state index in [1.807, 2.05) is 0 Å². The SMILES string of the molecule is CS(=O)(=O)NCCc1ccc(C(=O)OCC(=O)Nc2ccc(F)c(Cl)c2)s1. The number of rotatable bonds is 8. The van der Waals surface area contributed by atoms with E-state index in [2.05, 4.69) is 10.0 Å². The van der Waals surface area contributed by atoms with E-state index < -0.39 is 34.3 Å². The number of benzene rings is 1. The molecule has 0 aliphatic carbocycles. The zero-order chi connectivity index (χ0) is 20.0. The molecule has 0 bridgehead atoms. The maximum Gasteiger partial charge on any atom is 0.348 e. The number of esters is 1. The summed E-state index contributed by atoms with van der Waals surface area (Å²) in [4.78, 5) is 24.9. The summed E-state index contributed by atoms with van der Waals surface area (Å²) in [6.45, 7) is -0.298. The van der Waals surface area contributed by atoms with E-state index in [1.165, 1.54) is 12.1 Å². The van der Waals surface area contributed by atoms with E-state index in [-0.39, 0.29) is 17.3 Å². The van der Waals surface area contributed by atoms with Gasteiger partial charge in [-0.2, -0.15) is 0 Å². The minimum absolute atomic E-state index is 0.138. The summed E-state index contributed by atoms with van der Waals surface area (Å²) in [6, 6.07) is 6.91. The van der Waals surface area contributed by atoms with Crippen LogP contribution in [0.2, 0.25) is 5.02 Å². The number of amides is 1. The van der Waals surface area contributed by atoms with Crippen molar-refractivity contribution >= 4 is 50.5 Å². The van der Waals surface area contributed by atoms with Gasteiger partial charge in [-0.25, -0.2) is 22.3 Å². The van der Waals surface area contributed by atoms with E-state index in [4.69, 9.17) is 16.3 Å². The highest BCUT2D eigenvalue weighted by Crippen LogP contribution is 2.20. The van der Waals surface area contributed by atoms with Gasteiger partial charge in [0.1, 0.15) is 10.7 Å². The predicted octanol–water partition coefficient (Wildman–Crippen LogP) is 2.43. The van der Waals surface area contributed by atoms with Crippen LogP contribution in [0, 0.1) is 5.82 Å². The molecule has 2 aromatic rings. The molecule has 0 fully saturated rings. The van der Waals surface area contributed by atoms with Crippen LogP contribution < -0.4 is 10.0 Å². The fourth-order valence-electron chi connectivity index (χ4n) is 1.95. The molecule has 2 N–H and O–H groups in total. The normalized spacial score (nSPS) is 11.2. The molecule has 2 rings (SSSR count). The molecule has 0 unspecified atom stereocenters. The lowest BCUT2D eigenvalue weighted by molar-refractivity contribution is -0.119. The van der Waals surface area contributed by atoms with Gasteiger partial charge in [0.25, 0.3) is 5.91 Å². The summed E-state index contributed by atoms with van der Waals surface area (Å²) < 4.78 is 42.4. The largest absolute Gasteiger partial charge is 0.451 e. The van der Waals surface area contributed by atoms with Crippen molar-refractivity contribution in [2.24, 2.45) is 0 Å². The lowest BCUT2D eigenvalue weighted by Crippen LogP contribution is -2.24. The van der Waals surface area contributed by atoms with Gasteiger partial charge >= 0.3 is 5.97 Å². The van der Waals surface area contributed by atoms with Crippen LogP contribution in [0.25, 0.3) is 0 Å². The van der Waals surface area contributed by atoms with Crippen LogP contribution in [0.15, 0.2) is 30.3 Å². The molecule has 11 heteroatoms. The minimum Gasteiger partial charge on any atom is -0.451 e. The standard InChI is InChI=1S/C16H16ClFN2O5S2/c1-27(23,24)19-7-6-11-3-5-14(26-11)16(22)25-9-15(21)20-10-2-4-13(18)12(17)8-10/h2-5,8,19H,6-7,9H2,1H3,(H,20,21). The van der Waals surface area contributed by atoms with E-state index in [0.29, 0.717) is 11.3 Å². The van der Waals surface area contributed by atoms with Gasteiger partial charge in [0.15, 0.2) is 6.61 Å². The van der Waals surface area contributed by atoms with Crippen molar-refractivity contribution in [1.82, 2.24) is 4.72 Å². The maximum atomic E-state index is 13.1. The zero-order valence-corrected chi connectivity index (χ0v) is 16.5. The molecule has 0 atom stereocenters. The summed E-state index contributed by atoms with van der Waals surface area (Å²) in [5.74, 6) is -1.88. The van der Waals surface area contributed by atoms with E-state index in [1.54, 1.807) is 12.1 Å². The van der Waals surface area contributed by atoms with E-state index in [0.717, 1.165) is 28.5 Å². The topological polar surface area (TPSA) is 102 Å². The van der Waals surface area contributed by atoms with Crippen molar-refractivity contribution in [3.63, 3.8) is 0 Å². The van der Waals surface area contributed by atoms with Crippen LogP contribution in [-0.4, -0.2) is 39.7 Å². The van der Waals surface area contributed by atoms with Gasteiger partial charge < -0.3 is 10.1 Å². The number of hydrogen-bond acceptors (Lipinski definition) is 6. The lowest BCUT2D eigenvalue weighted by Gasteiger charge is -2.06. The molecular weight excluding hydrogens is 419 g/mol. The number of sulfonamides is 1. The number of anilines is 1. The molecule has 1 amide bonds. The van der Waals surface area contributed by atoms with Crippen LogP contribution >= 0.6 is 22.9 Å². The first kappa shape index (κ1) is 21.3. The van der Waals surface area contributed by atoms with E-state index >= 15 is 0 Å². The Balaban J connectivity index is 1.81. The van der Waals surface area contributed by atoms with Crippen LogP contribution in [0.5, 0.6) is 0 Å². The maximum absolute atomic E-state index is 13.1. The summed E-state index contributed by atoms with van der Waals surface area (Å²) >= 11 is 6.77. The molecule has 7 nitrogen and oxygen atoms in total. The molecule has 0 aliphatic rings. The molecule has 0 saturated heterocycles. The highest BCUT2D eigenvalue weighted by molar-refractivity contribution is 7.88. The third-order valence-corrected chi connectivity index (χ3v) is 5.28. The highest BCUT2D eigenvalue weighted by Gasteiger charge is 2.14. The number of nitrogens with one attached hydrogen (secondary N) is 2. The molecule has 1 aromatic heterocycles. The third-order valence-electron chi connectivity index (χ3n) is 3.14. The van der Waals surface area contributed by atoms with Crippen LogP contribution in [0.4, 0.5) is 10.1 Å². The Labute approximate surface area is 164 Å². The number of halogens is 2. The summed E-state index contributed by atoms with van der Waals surface area (Å²) in [7, 11) is -3.26.